The van der Waals surface area contributed by atoms with Gasteiger partial charge >= 0.3 is 0 Å². The van der Waals surface area contributed by atoms with Crippen LogP contribution in [-0.4, -0.2) is 328 Å². The highest BCUT2D eigenvalue weighted by atomic mass is 16.8. The Hall–Kier alpha value is -2.71. The Labute approximate surface area is 431 Å². The summed E-state index contributed by atoms with van der Waals surface area (Å²) in [4.78, 5) is 37.0. The second kappa shape index (κ2) is 27.2. The van der Waals surface area contributed by atoms with Gasteiger partial charge in [-0.3, -0.25) is 14.4 Å². The second-order valence-electron chi connectivity index (χ2n) is 19.0. The van der Waals surface area contributed by atoms with Crippen molar-refractivity contribution in [2.75, 3.05) is 39.6 Å². The minimum Gasteiger partial charge on any atom is -0.394 e. The van der Waals surface area contributed by atoms with Crippen molar-refractivity contribution in [3.63, 3.8) is 0 Å². The Morgan fingerprint density at radius 2 is 0.632 bits per heavy atom. The van der Waals surface area contributed by atoms with E-state index >= 15 is 0 Å². The van der Waals surface area contributed by atoms with Crippen LogP contribution in [-0.2, 0) is 66.5 Å². The zero-order valence-corrected chi connectivity index (χ0v) is 40.9. The molecule has 6 saturated heterocycles. The minimum atomic E-state index is -2.37. The van der Waals surface area contributed by atoms with Crippen LogP contribution in [0.15, 0.2) is 0 Å². The monoisotopic (exact) mass is 1110 g/mol. The first-order chi connectivity index (χ1) is 35.9. The van der Waals surface area contributed by atoms with Gasteiger partial charge in [-0.05, 0) is 0 Å². The molecular formula is C42H71N3O31. The van der Waals surface area contributed by atoms with Crippen LogP contribution >= 0.6 is 0 Å². The van der Waals surface area contributed by atoms with Crippen molar-refractivity contribution in [1.29, 1.82) is 0 Å². The lowest BCUT2D eigenvalue weighted by molar-refractivity contribution is -0.396. The molecule has 0 aromatic carbocycles. The fraction of sp³-hybridized carbons (Fsp3) is 0.929. The first-order valence-electron chi connectivity index (χ1n) is 24.1. The van der Waals surface area contributed by atoms with Gasteiger partial charge in [0.2, 0.25) is 17.7 Å². The number of rotatable bonds is 19. The normalized spacial score (nSPS) is 48.2. The van der Waals surface area contributed by atoms with Crippen LogP contribution in [0.3, 0.4) is 0 Å². The molecule has 6 aliphatic rings. The van der Waals surface area contributed by atoms with Crippen molar-refractivity contribution in [1.82, 2.24) is 16.0 Å². The number of aliphatic hydroxyl groups is 17. The molecule has 1 unspecified atom stereocenters. The Morgan fingerprint density at radius 3 is 0.974 bits per heavy atom. The molecule has 440 valence electrons. The third kappa shape index (κ3) is 13.7. The summed E-state index contributed by atoms with van der Waals surface area (Å²) in [5.74, 6) is -2.42. The van der Waals surface area contributed by atoms with Crippen LogP contribution < -0.4 is 16.0 Å². The SMILES string of the molecule is CC(=O)N[C@H]1[C@H](O[C@@H]2[C@@H](OC[C@H]3OC(O)[C@@H](O)[C@@H](O[C@H]4O[C@H](CO)[C@@H](O)[C@H](O)[C@@H]4O[C@@H]4O[C@H](CO)[C@@H](O)[C@H](O)[C@H]4NC(C)=O)[C@@H]3O[C@@H]3O[C@H](CO)[C@@H](O)[C@H](O)[C@H]3NC(C)=O)O[C@H](CO)[C@@H](O)[C@@H]2O)O[C@H](CO)[C@@H](O)[C@@H]1O. The number of aliphatic hydroxyl groups excluding tert-OH is 17. The summed E-state index contributed by atoms with van der Waals surface area (Å²) in [6.07, 6.45) is -52.9. The van der Waals surface area contributed by atoms with E-state index in [9.17, 15) is 101 Å². The van der Waals surface area contributed by atoms with E-state index in [0.29, 0.717) is 0 Å². The van der Waals surface area contributed by atoms with E-state index in [1.54, 1.807) is 0 Å². The first kappa shape index (κ1) is 62.5. The number of amides is 3. The fourth-order valence-corrected chi connectivity index (χ4v) is 9.58. The van der Waals surface area contributed by atoms with Crippen molar-refractivity contribution < 1.29 is 153 Å². The molecule has 34 heteroatoms. The van der Waals surface area contributed by atoms with Crippen molar-refractivity contribution in [2.24, 2.45) is 0 Å². The van der Waals surface area contributed by atoms with Crippen LogP contribution in [0.1, 0.15) is 20.8 Å². The predicted octanol–water partition coefficient (Wildman–Crippen LogP) is -13.7. The zero-order valence-electron chi connectivity index (χ0n) is 40.9. The van der Waals surface area contributed by atoms with Gasteiger partial charge in [0.05, 0.1) is 39.6 Å². The van der Waals surface area contributed by atoms with Gasteiger partial charge in [-0.1, -0.05) is 0 Å². The molecule has 0 aromatic rings. The summed E-state index contributed by atoms with van der Waals surface area (Å²) >= 11 is 0. The quantitative estimate of drug-likeness (QED) is 0.0571. The van der Waals surface area contributed by atoms with Gasteiger partial charge in [0, 0.05) is 20.8 Å². The molecule has 6 heterocycles. The third-order valence-corrected chi connectivity index (χ3v) is 13.6. The number of hydrogen-bond acceptors (Lipinski definition) is 31. The number of hydrogen-bond donors (Lipinski definition) is 20. The molecule has 0 saturated carbocycles. The molecular weight excluding hydrogens is 1040 g/mol. The molecule has 6 rings (SSSR count). The van der Waals surface area contributed by atoms with Gasteiger partial charge in [-0.25, -0.2) is 0 Å². The van der Waals surface area contributed by atoms with Gasteiger partial charge < -0.3 is 155 Å². The summed E-state index contributed by atoms with van der Waals surface area (Å²) in [6, 6.07) is -5.07. The Kier molecular flexibility index (Phi) is 22.3. The maximum atomic E-state index is 12.5. The Morgan fingerprint density at radius 1 is 0.342 bits per heavy atom. The number of nitrogens with one attached hydrogen (secondary N) is 3. The van der Waals surface area contributed by atoms with Crippen LogP contribution in [0.2, 0.25) is 0 Å². The van der Waals surface area contributed by atoms with Gasteiger partial charge in [0.25, 0.3) is 0 Å². The smallest absolute Gasteiger partial charge is 0.217 e. The van der Waals surface area contributed by atoms with Gasteiger partial charge in [0.15, 0.2) is 37.7 Å². The molecule has 0 aliphatic carbocycles. The van der Waals surface area contributed by atoms with Gasteiger partial charge in [-0.2, -0.15) is 0 Å². The minimum absolute atomic E-state index is 0.780. The van der Waals surface area contributed by atoms with Crippen LogP contribution in [0.4, 0.5) is 0 Å². The van der Waals surface area contributed by atoms with Crippen LogP contribution in [0, 0.1) is 0 Å². The maximum Gasteiger partial charge on any atom is 0.217 e. The summed E-state index contributed by atoms with van der Waals surface area (Å²) in [7, 11) is 0. The number of ether oxygens (including phenoxy) is 11. The number of carbonyl (C=O) groups is 3. The lowest BCUT2D eigenvalue weighted by atomic mass is 9.94. The molecule has 0 radical (unpaired) electrons. The molecule has 34 nitrogen and oxygen atoms in total. The average molecular weight is 1110 g/mol. The van der Waals surface area contributed by atoms with E-state index in [0.717, 1.165) is 20.8 Å². The molecule has 3 amide bonds. The van der Waals surface area contributed by atoms with Crippen molar-refractivity contribution >= 4 is 17.7 Å². The number of carbonyl (C=O) groups excluding carboxylic acids is 3. The average Bonchev–Trinajstić information content (AvgIpc) is 3.37. The van der Waals surface area contributed by atoms with Gasteiger partial charge in [0.1, 0.15) is 146 Å². The summed E-state index contributed by atoms with van der Waals surface area (Å²) in [6.45, 7) is -2.81. The molecule has 30 atom stereocenters. The highest BCUT2D eigenvalue weighted by Crippen LogP contribution is 2.37. The second-order valence-corrected chi connectivity index (χ2v) is 19.0. The Balaban J connectivity index is 1.39. The molecule has 76 heavy (non-hydrogen) atoms. The van der Waals surface area contributed by atoms with Crippen molar-refractivity contribution in [3.05, 3.63) is 0 Å². The lowest BCUT2D eigenvalue weighted by Crippen LogP contribution is -2.70. The molecule has 20 N–H and O–H groups in total. The van der Waals surface area contributed by atoms with Crippen LogP contribution in [0.25, 0.3) is 0 Å². The van der Waals surface area contributed by atoms with Gasteiger partial charge in [-0.15, -0.1) is 0 Å². The lowest BCUT2D eigenvalue weighted by Gasteiger charge is -2.50. The van der Waals surface area contributed by atoms with E-state index in [2.05, 4.69) is 16.0 Å². The zero-order chi connectivity index (χ0) is 56.2. The maximum absolute atomic E-state index is 12.5. The van der Waals surface area contributed by atoms with Crippen molar-refractivity contribution in [3.8, 4) is 0 Å². The van der Waals surface area contributed by atoms with E-state index in [4.69, 9.17) is 52.1 Å². The Bertz CT molecular complexity index is 1870. The molecule has 0 spiro atoms. The van der Waals surface area contributed by atoms with E-state index in [-0.39, 0.29) is 0 Å². The first-order valence-corrected chi connectivity index (χ1v) is 24.1. The van der Waals surface area contributed by atoms with Crippen molar-refractivity contribution in [2.45, 2.75) is 205 Å². The summed E-state index contributed by atoms with van der Waals surface area (Å²) in [5, 5.41) is 190. The highest BCUT2D eigenvalue weighted by molar-refractivity contribution is 5.74. The predicted molar refractivity (Wildman–Crippen MR) is 234 cm³/mol. The molecule has 6 fully saturated rings. The standard InChI is InChI=1S/C42H71N3O31/c1-10(51)43-19-27(59)22(54)13(4-46)68-38(19)73-33-18(9-66-41-35(30(62)25(57)16(7-49)71-41)75-39-20(44-11(2)52)28(60)23(55)14(5-47)69-39)67-37(65)32(64)34(33)74-42-36(31(63)26(58)17(8-50)72-42)76-40-21(45-12(3)53)29(61)24(56)15(6-48)70-40/h13-42,46-50,54-65H,4-9H2,1-3H3,(H,43,51)(H,44,52)(H,45,53)/t13-,14-,15-,16-,17-,18-,19-,20-,21-,22-,23-,24-,25-,26-,27-,28-,29-,30+,31+,32+,33-,34-,35+,36+,37?,38+,39+,40+,41+,42-/m1/s1. The highest BCUT2D eigenvalue weighted by Gasteiger charge is 2.58. The topological polar surface area (TPSA) is 533 Å². The van der Waals surface area contributed by atoms with Crippen LogP contribution in [0.5, 0.6) is 0 Å². The molecule has 0 bridgehead atoms. The van der Waals surface area contributed by atoms with E-state index in [1.807, 2.05) is 0 Å². The largest absolute Gasteiger partial charge is 0.394 e. The van der Waals surface area contributed by atoms with E-state index < -0.39 is 241 Å². The fourth-order valence-electron chi connectivity index (χ4n) is 9.58. The third-order valence-electron chi connectivity index (χ3n) is 13.6. The summed E-state index contributed by atoms with van der Waals surface area (Å²) < 4.78 is 64.8. The van der Waals surface area contributed by atoms with E-state index in [1.165, 1.54) is 0 Å². The molecule has 6 aliphatic heterocycles. The summed E-state index contributed by atoms with van der Waals surface area (Å²) in [5.41, 5.74) is 0. The molecule has 0 aromatic heterocycles.